The van der Waals surface area contributed by atoms with Gasteiger partial charge in [-0.2, -0.15) is 0 Å². The molecule has 94 valence electrons. The van der Waals surface area contributed by atoms with Crippen LogP contribution >= 0.6 is 0 Å². The number of nitrogens with zero attached hydrogens (tertiary/aromatic N) is 1. The molecular formula is C14H22N2O. The molecule has 1 rings (SSSR count). The van der Waals surface area contributed by atoms with Crippen LogP contribution in [-0.4, -0.2) is 23.4 Å². The molecule has 0 aliphatic rings. The van der Waals surface area contributed by atoms with Crippen LogP contribution in [0.4, 0.5) is 5.69 Å². The first-order valence-corrected chi connectivity index (χ1v) is 5.94. The van der Waals surface area contributed by atoms with Gasteiger partial charge < -0.3 is 10.6 Å². The second kappa shape index (κ2) is 4.78. The number of amides is 1. The average molecular weight is 234 g/mol. The lowest BCUT2D eigenvalue weighted by molar-refractivity contribution is 0.0621. The molecule has 1 aromatic rings. The van der Waals surface area contributed by atoms with Crippen LogP contribution in [0.3, 0.4) is 0 Å². The third kappa shape index (κ3) is 2.78. The predicted octanol–water partition coefficient (Wildman–Crippen LogP) is 2.84. The number of anilines is 1. The van der Waals surface area contributed by atoms with Crippen molar-refractivity contribution in [2.75, 3.05) is 12.8 Å². The summed E-state index contributed by atoms with van der Waals surface area (Å²) in [6.07, 6.45) is 0.904. The van der Waals surface area contributed by atoms with E-state index in [-0.39, 0.29) is 11.4 Å². The van der Waals surface area contributed by atoms with E-state index < -0.39 is 0 Å². The maximum Gasteiger partial charge on any atom is 0.256 e. The van der Waals surface area contributed by atoms with E-state index in [2.05, 4.69) is 20.8 Å². The Morgan fingerprint density at radius 1 is 1.41 bits per heavy atom. The number of benzene rings is 1. The third-order valence-electron chi connectivity index (χ3n) is 3.52. The lowest BCUT2D eigenvalue weighted by Gasteiger charge is -2.35. The molecule has 0 radical (unpaired) electrons. The molecule has 0 spiro atoms. The molecule has 3 heteroatoms. The molecule has 0 heterocycles. The summed E-state index contributed by atoms with van der Waals surface area (Å²) >= 11 is 0. The highest BCUT2D eigenvalue weighted by Gasteiger charge is 2.27. The quantitative estimate of drug-likeness (QED) is 0.817. The Bertz CT molecular complexity index is 424. The van der Waals surface area contributed by atoms with Crippen LogP contribution in [0.1, 0.15) is 43.1 Å². The molecule has 0 saturated carbocycles. The molecule has 0 atom stereocenters. The molecule has 17 heavy (non-hydrogen) atoms. The van der Waals surface area contributed by atoms with Crippen molar-refractivity contribution in [3.05, 3.63) is 29.3 Å². The Balaban J connectivity index is 3.08. The van der Waals surface area contributed by atoms with Crippen molar-refractivity contribution in [1.29, 1.82) is 0 Å². The van der Waals surface area contributed by atoms with Gasteiger partial charge in [-0.05, 0) is 39.3 Å². The Labute approximate surface area is 104 Å². The number of hydrogen-bond donors (Lipinski definition) is 1. The normalized spacial score (nSPS) is 11.4. The van der Waals surface area contributed by atoms with E-state index in [1.165, 1.54) is 0 Å². The van der Waals surface area contributed by atoms with Crippen LogP contribution in [0, 0.1) is 6.92 Å². The summed E-state index contributed by atoms with van der Waals surface area (Å²) in [6, 6.07) is 5.55. The Morgan fingerprint density at radius 3 is 2.53 bits per heavy atom. The van der Waals surface area contributed by atoms with Gasteiger partial charge in [0.05, 0.1) is 5.56 Å². The summed E-state index contributed by atoms with van der Waals surface area (Å²) in [4.78, 5) is 14.1. The number of rotatable bonds is 3. The molecule has 0 unspecified atom stereocenters. The van der Waals surface area contributed by atoms with E-state index in [1.807, 2.05) is 26.1 Å². The fraction of sp³-hybridized carbons (Fsp3) is 0.500. The van der Waals surface area contributed by atoms with Gasteiger partial charge in [-0.25, -0.2) is 0 Å². The van der Waals surface area contributed by atoms with Gasteiger partial charge in [-0.3, -0.25) is 4.79 Å². The smallest absolute Gasteiger partial charge is 0.256 e. The zero-order valence-corrected chi connectivity index (χ0v) is 11.4. The molecule has 0 saturated heterocycles. The first-order chi connectivity index (χ1) is 7.79. The summed E-state index contributed by atoms with van der Waals surface area (Å²) in [6.45, 7) is 8.14. The first kappa shape index (κ1) is 13.6. The molecule has 2 N–H and O–H groups in total. The largest absolute Gasteiger partial charge is 0.398 e. The molecule has 0 aliphatic heterocycles. The highest BCUT2D eigenvalue weighted by molar-refractivity contribution is 5.99. The van der Waals surface area contributed by atoms with Crippen LogP contribution in [0.25, 0.3) is 0 Å². The zero-order chi connectivity index (χ0) is 13.2. The fourth-order valence-corrected chi connectivity index (χ4v) is 1.55. The number of carbonyl (C=O) groups is 1. The lowest BCUT2D eigenvalue weighted by Crippen LogP contribution is -2.44. The molecule has 0 bridgehead atoms. The van der Waals surface area contributed by atoms with Crippen LogP contribution < -0.4 is 5.73 Å². The van der Waals surface area contributed by atoms with Crippen molar-refractivity contribution in [3.8, 4) is 0 Å². The van der Waals surface area contributed by atoms with E-state index >= 15 is 0 Å². The Morgan fingerprint density at radius 2 is 2.00 bits per heavy atom. The minimum atomic E-state index is -0.159. The van der Waals surface area contributed by atoms with Gasteiger partial charge in [-0.1, -0.05) is 18.6 Å². The second-order valence-corrected chi connectivity index (χ2v) is 5.12. The summed E-state index contributed by atoms with van der Waals surface area (Å²) < 4.78 is 0. The van der Waals surface area contributed by atoms with Gasteiger partial charge in [0.25, 0.3) is 5.91 Å². The van der Waals surface area contributed by atoms with Gasteiger partial charge in [0.1, 0.15) is 0 Å². The molecule has 1 aromatic carbocycles. The van der Waals surface area contributed by atoms with E-state index in [9.17, 15) is 4.79 Å². The molecule has 1 amide bonds. The van der Waals surface area contributed by atoms with Crippen molar-refractivity contribution in [2.24, 2.45) is 0 Å². The van der Waals surface area contributed by atoms with Crippen molar-refractivity contribution in [3.63, 3.8) is 0 Å². The van der Waals surface area contributed by atoms with Crippen molar-refractivity contribution >= 4 is 11.6 Å². The second-order valence-electron chi connectivity index (χ2n) is 5.12. The molecule has 0 aromatic heterocycles. The van der Waals surface area contributed by atoms with E-state index in [0.717, 1.165) is 12.0 Å². The standard InChI is InChI=1S/C14H22N2O/c1-6-14(3,4)16(5)13(17)11-9-10(2)7-8-12(11)15/h7-9H,6,15H2,1-5H3. The van der Waals surface area contributed by atoms with Crippen LogP contribution in [-0.2, 0) is 0 Å². The van der Waals surface area contributed by atoms with Crippen LogP contribution in [0.5, 0.6) is 0 Å². The minimum absolute atomic E-state index is 0.0157. The van der Waals surface area contributed by atoms with E-state index in [4.69, 9.17) is 5.73 Å². The number of aryl methyl sites for hydroxylation is 1. The lowest BCUT2D eigenvalue weighted by atomic mass is 9.98. The topological polar surface area (TPSA) is 46.3 Å². The summed E-state index contributed by atoms with van der Waals surface area (Å²) in [5, 5.41) is 0. The monoisotopic (exact) mass is 234 g/mol. The summed E-state index contributed by atoms with van der Waals surface area (Å²) in [5.74, 6) is -0.0157. The van der Waals surface area contributed by atoms with E-state index in [1.54, 1.807) is 11.0 Å². The van der Waals surface area contributed by atoms with Gasteiger partial charge >= 0.3 is 0 Å². The van der Waals surface area contributed by atoms with E-state index in [0.29, 0.717) is 11.3 Å². The Kier molecular flexibility index (Phi) is 3.81. The molecule has 0 aliphatic carbocycles. The van der Waals surface area contributed by atoms with Gasteiger partial charge in [-0.15, -0.1) is 0 Å². The average Bonchev–Trinajstić information content (AvgIpc) is 2.30. The third-order valence-corrected chi connectivity index (χ3v) is 3.52. The maximum atomic E-state index is 12.4. The maximum absolute atomic E-state index is 12.4. The SMILES string of the molecule is CCC(C)(C)N(C)C(=O)c1cc(C)ccc1N. The van der Waals surface area contributed by atoms with Gasteiger partial charge in [0.15, 0.2) is 0 Å². The summed E-state index contributed by atoms with van der Waals surface area (Å²) in [7, 11) is 1.83. The number of carbonyl (C=O) groups excluding carboxylic acids is 1. The number of nitrogens with two attached hydrogens (primary N) is 1. The van der Waals surface area contributed by atoms with Crippen molar-refractivity contribution in [2.45, 2.75) is 39.7 Å². The Hall–Kier alpha value is -1.51. The van der Waals surface area contributed by atoms with Crippen LogP contribution in [0.2, 0.25) is 0 Å². The van der Waals surface area contributed by atoms with Crippen LogP contribution in [0.15, 0.2) is 18.2 Å². The number of nitrogen functional groups attached to an aromatic ring is 1. The van der Waals surface area contributed by atoms with Gasteiger partial charge in [0, 0.05) is 18.3 Å². The highest BCUT2D eigenvalue weighted by atomic mass is 16.2. The van der Waals surface area contributed by atoms with Gasteiger partial charge in [0.2, 0.25) is 0 Å². The zero-order valence-electron chi connectivity index (χ0n) is 11.4. The summed E-state index contributed by atoms with van der Waals surface area (Å²) in [5.41, 5.74) is 7.89. The molecule has 3 nitrogen and oxygen atoms in total. The van der Waals surface area contributed by atoms with Crippen molar-refractivity contribution < 1.29 is 4.79 Å². The highest BCUT2D eigenvalue weighted by Crippen LogP contribution is 2.22. The molecular weight excluding hydrogens is 212 g/mol. The molecule has 0 fully saturated rings. The van der Waals surface area contributed by atoms with Crippen molar-refractivity contribution in [1.82, 2.24) is 4.90 Å². The first-order valence-electron chi connectivity index (χ1n) is 5.94. The predicted molar refractivity (Wildman–Crippen MR) is 72.1 cm³/mol. The fourth-order valence-electron chi connectivity index (χ4n) is 1.55. The number of hydrogen-bond acceptors (Lipinski definition) is 2. The minimum Gasteiger partial charge on any atom is -0.398 e.